The molecule has 3 aromatic carbocycles. The number of amides is 2. The van der Waals surface area contributed by atoms with Gasteiger partial charge in [-0.05, 0) is 55.8 Å². The highest BCUT2D eigenvalue weighted by molar-refractivity contribution is 6.35. The van der Waals surface area contributed by atoms with E-state index >= 15 is 0 Å². The van der Waals surface area contributed by atoms with Crippen molar-refractivity contribution in [2.45, 2.75) is 19.8 Å². The van der Waals surface area contributed by atoms with Gasteiger partial charge in [0.15, 0.2) is 0 Å². The topological polar surface area (TPSA) is 65.3 Å². The summed E-state index contributed by atoms with van der Waals surface area (Å²) in [5.74, 6) is -2.46. The molecule has 6 nitrogen and oxygen atoms in total. The number of carbonyl (C=O) groups excluding carboxylic acids is 2. The Hall–Kier alpha value is -3.48. The standard InChI is InChI=1S/C27H22Cl2N4O2/c1-16-23(26(34)32(30-16)19-9-5-3-6-10-19)25(21-14-13-18(28)15-22(21)29)24-17(2)31-33(27(24)35)20-11-7-4-8-12-20/h3-15,23-25H,1-2H3/t23-,24-/m1/s1. The van der Waals surface area contributed by atoms with Crippen molar-refractivity contribution in [2.24, 2.45) is 22.0 Å². The predicted octanol–water partition coefficient (Wildman–Crippen LogP) is 6.15. The third-order valence-electron chi connectivity index (χ3n) is 6.41. The van der Waals surface area contributed by atoms with Crippen LogP contribution in [0.2, 0.25) is 10.0 Å². The number of rotatable bonds is 5. The molecular formula is C27H22Cl2N4O2. The Morgan fingerprint density at radius 3 is 1.60 bits per heavy atom. The fraction of sp³-hybridized carbons (Fsp3) is 0.185. The fourth-order valence-corrected chi connectivity index (χ4v) is 5.35. The lowest BCUT2D eigenvalue weighted by atomic mass is 9.73. The summed E-state index contributed by atoms with van der Waals surface area (Å²) in [6.07, 6.45) is 0. The van der Waals surface area contributed by atoms with Crippen molar-refractivity contribution in [3.8, 4) is 0 Å². The van der Waals surface area contributed by atoms with Crippen LogP contribution < -0.4 is 10.0 Å². The Kier molecular flexibility index (Phi) is 6.17. The predicted molar refractivity (Wildman–Crippen MR) is 140 cm³/mol. The van der Waals surface area contributed by atoms with Crippen LogP contribution in [-0.4, -0.2) is 23.2 Å². The second-order valence-corrected chi connectivity index (χ2v) is 9.44. The third-order valence-corrected chi connectivity index (χ3v) is 6.97. The molecule has 0 bridgehead atoms. The van der Waals surface area contributed by atoms with Crippen LogP contribution in [-0.2, 0) is 9.59 Å². The summed E-state index contributed by atoms with van der Waals surface area (Å²) < 4.78 is 0. The van der Waals surface area contributed by atoms with Gasteiger partial charge in [-0.25, -0.2) is 10.0 Å². The zero-order valence-corrected chi connectivity index (χ0v) is 20.6. The molecule has 0 fully saturated rings. The van der Waals surface area contributed by atoms with Crippen LogP contribution in [0.5, 0.6) is 0 Å². The zero-order valence-electron chi connectivity index (χ0n) is 19.1. The van der Waals surface area contributed by atoms with Crippen LogP contribution >= 0.6 is 23.2 Å². The number of anilines is 2. The summed E-state index contributed by atoms with van der Waals surface area (Å²) in [5.41, 5.74) is 3.19. The highest BCUT2D eigenvalue weighted by atomic mass is 35.5. The van der Waals surface area contributed by atoms with Gasteiger partial charge in [-0.1, -0.05) is 65.7 Å². The maximum atomic E-state index is 13.8. The van der Waals surface area contributed by atoms with Crippen molar-refractivity contribution in [2.75, 3.05) is 10.0 Å². The van der Waals surface area contributed by atoms with Crippen LogP contribution in [0.15, 0.2) is 89.1 Å². The van der Waals surface area contributed by atoms with Crippen LogP contribution in [0.4, 0.5) is 11.4 Å². The van der Waals surface area contributed by atoms with Gasteiger partial charge in [-0.3, -0.25) is 9.59 Å². The molecule has 0 aliphatic carbocycles. The van der Waals surface area contributed by atoms with E-state index in [0.717, 1.165) is 0 Å². The van der Waals surface area contributed by atoms with E-state index in [9.17, 15) is 9.59 Å². The van der Waals surface area contributed by atoms with Gasteiger partial charge in [-0.2, -0.15) is 10.2 Å². The molecule has 0 unspecified atom stereocenters. The van der Waals surface area contributed by atoms with E-state index in [1.54, 1.807) is 18.2 Å². The average molecular weight is 505 g/mol. The number of halogens is 2. The quantitative estimate of drug-likeness (QED) is 0.417. The normalized spacial score (nSPS) is 20.0. The number of nitrogens with zero attached hydrogens (tertiary/aromatic N) is 4. The molecule has 8 heteroatoms. The van der Waals surface area contributed by atoms with Crippen molar-refractivity contribution in [1.82, 2.24) is 0 Å². The van der Waals surface area contributed by atoms with Gasteiger partial charge in [0.2, 0.25) is 0 Å². The molecule has 0 saturated carbocycles. The molecule has 2 amide bonds. The van der Waals surface area contributed by atoms with E-state index in [4.69, 9.17) is 23.2 Å². The van der Waals surface area contributed by atoms with Crippen molar-refractivity contribution in [1.29, 1.82) is 0 Å². The number of hydrogen-bond donors (Lipinski definition) is 0. The number of hydrazone groups is 2. The van der Waals surface area contributed by atoms with E-state index in [0.29, 0.717) is 38.4 Å². The van der Waals surface area contributed by atoms with E-state index < -0.39 is 17.8 Å². The van der Waals surface area contributed by atoms with E-state index in [-0.39, 0.29) is 11.8 Å². The molecule has 0 radical (unpaired) electrons. The van der Waals surface area contributed by atoms with Gasteiger partial charge < -0.3 is 0 Å². The summed E-state index contributed by atoms with van der Waals surface area (Å²) >= 11 is 12.8. The fourth-order valence-electron chi connectivity index (χ4n) is 4.82. The molecule has 35 heavy (non-hydrogen) atoms. The van der Waals surface area contributed by atoms with Crippen molar-refractivity contribution < 1.29 is 9.59 Å². The van der Waals surface area contributed by atoms with Gasteiger partial charge in [0, 0.05) is 27.4 Å². The SMILES string of the molecule is CC1=NN(c2ccccc2)C(=O)[C@H]1C(c1ccc(Cl)cc1Cl)[C@@H]1C(=O)N(c2ccccc2)N=C1C. The summed E-state index contributed by atoms with van der Waals surface area (Å²) in [4.78, 5) is 27.6. The molecule has 2 aliphatic rings. The minimum Gasteiger partial charge on any atom is -0.272 e. The van der Waals surface area contributed by atoms with Crippen molar-refractivity contribution >= 4 is 57.8 Å². The van der Waals surface area contributed by atoms with Crippen molar-refractivity contribution in [3.63, 3.8) is 0 Å². The smallest absolute Gasteiger partial charge is 0.256 e. The zero-order chi connectivity index (χ0) is 24.7. The highest BCUT2D eigenvalue weighted by Gasteiger charge is 2.50. The Morgan fingerprint density at radius 2 is 1.17 bits per heavy atom. The molecule has 2 aliphatic heterocycles. The maximum Gasteiger partial charge on any atom is 0.256 e. The van der Waals surface area contributed by atoms with E-state index in [1.807, 2.05) is 74.5 Å². The van der Waals surface area contributed by atoms with Gasteiger partial charge in [-0.15, -0.1) is 0 Å². The Labute approximate surface area is 213 Å². The summed E-state index contributed by atoms with van der Waals surface area (Å²) in [7, 11) is 0. The molecule has 0 aromatic heterocycles. The molecule has 5 rings (SSSR count). The third kappa shape index (κ3) is 4.13. The van der Waals surface area contributed by atoms with Gasteiger partial charge in [0.05, 0.1) is 23.2 Å². The molecule has 2 atom stereocenters. The van der Waals surface area contributed by atoms with E-state index in [2.05, 4.69) is 10.2 Å². The number of benzene rings is 3. The molecule has 0 N–H and O–H groups in total. The van der Waals surface area contributed by atoms with Gasteiger partial charge in [0.25, 0.3) is 11.8 Å². The molecule has 3 aromatic rings. The lowest BCUT2D eigenvalue weighted by Crippen LogP contribution is -2.40. The maximum absolute atomic E-state index is 13.8. The first-order valence-corrected chi connectivity index (χ1v) is 12.0. The summed E-state index contributed by atoms with van der Waals surface area (Å²) in [5, 5.41) is 12.8. The van der Waals surface area contributed by atoms with Crippen LogP contribution in [0, 0.1) is 11.8 Å². The Morgan fingerprint density at radius 1 is 0.714 bits per heavy atom. The monoisotopic (exact) mass is 504 g/mol. The lowest BCUT2D eigenvalue weighted by Gasteiger charge is -2.29. The highest BCUT2D eigenvalue weighted by Crippen LogP contribution is 2.45. The largest absolute Gasteiger partial charge is 0.272 e. The molecular weight excluding hydrogens is 483 g/mol. The van der Waals surface area contributed by atoms with E-state index in [1.165, 1.54) is 10.0 Å². The van der Waals surface area contributed by atoms with Crippen LogP contribution in [0.1, 0.15) is 25.3 Å². The molecule has 0 saturated heterocycles. The number of para-hydroxylation sites is 2. The van der Waals surface area contributed by atoms with Gasteiger partial charge >= 0.3 is 0 Å². The van der Waals surface area contributed by atoms with Crippen molar-refractivity contribution in [3.05, 3.63) is 94.5 Å². The van der Waals surface area contributed by atoms with Gasteiger partial charge in [0.1, 0.15) is 0 Å². The minimum absolute atomic E-state index is 0.219. The second-order valence-electron chi connectivity index (χ2n) is 8.60. The average Bonchev–Trinajstić information content (AvgIpc) is 3.32. The number of hydrogen-bond acceptors (Lipinski definition) is 4. The minimum atomic E-state index is -0.705. The van der Waals surface area contributed by atoms with Crippen LogP contribution in [0.3, 0.4) is 0 Å². The number of carbonyl (C=O) groups is 2. The van der Waals surface area contributed by atoms with Crippen LogP contribution in [0.25, 0.3) is 0 Å². The summed E-state index contributed by atoms with van der Waals surface area (Å²) in [6.45, 7) is 3.62. The first kappa shape index (κ1) is 23.3. The first-order chi connectivity index (χ1) is 16.9. The second kappa shape index (κ2) is 9.29. The Balaban J connectivity index is 1.60. The molecule has 0 spiro atoms. The summed E-state index contributed by atoms with van der Waals surface area (Å²) in [6, 6.07) is 23.6. The first-order valence-electron chi connectivity index (χ1n) is 11.2. The molecule has 2 heterocycles. The lowest BCUT2D eigenvalue weighted by molar-refractivity contribution is -0.122. The molecule has 176 valence electrons. The Bertz CT molecular complexity index is 1280.